The number of fused-ring (bicyclic) bond motifs is 7. The van der Waals surface area contributed by atoms with Gasteiger partial charge in [0.15, 0.2) is 0 Å². The van der Waals surface area contributed by atoms with E-state index in [1.54, 1.807) is 0 Å². The van der Waals surface area contributed by atoms with E-state index >= 15 is 0 Å². The second-order valence-corrected chi connectivity index (χ2v) is 15.3. The number of aromatic nitrogens is 2. The van der Waals surface area contributed by atoms with Gasteiger partial charge in [0, 0.05) is 44.1 Å². The zero-order valence-electron chi connectivity index (χ0n) is 24.0. The summed E-state index contributed by atoms with van der Waals surface area (Å²) < 4.78 is 0. The van der Waals surface area contributed by atoms with Crippen molar-refractivity contribution in [1.29, 1.82) is 0 Å². The quantitative estimate of drug-likeness (QED) is 0.194. The molecule has 6 aromatic carbocycles. The fourth-order valence-corrected chi connectivity index (χ4v) is 9.75. The first-order valence-electron chi connectivity index (χ1n) is 14.6. The summed E-state index contributed by atoms with van der Waals surface area (Å²) in [6.07, 6.45) is 8.78. The topological polar surface area (TPSA) is 25.8 Å². The first kappa shape index (κ1) is 24.6. The molecule has 3 heterocycles. The van der Waals surface area contributed by atoms with Crippen LogP contribution < -0.4 is 0 Å². The molecule has 0 radical (unpaired) electrons. The fraction of sp³-hybridized carbons (Fsp3) is 0.0500. The van der Waals surface area contributed by atoms with Gasteiger partial charge in [-0.15, -0.1) is 0 Å². The average molecular weight is 569 g/mol. The maximum atomic E-state index is 5.09. The highest BCUT2D eigenvalue weighted by atomic mass is 32.3. The Labute approximate surface area is 252 Å². The summed E-state index contributed by atoms with van der Waals surface area (Å²) in [5.74, 6) is 0. The average Bonchev–Trinajstić information content (AvgIpc) is 3.28. The molecule has 0 saturated carbocycles. The first-order valence-corrected chi connectivity index (χ1v) is 17.1. The molecule has 1 aliphatic heterocycles. The molecule has 0 unspecified atom stereocenters. The van der Waals surface area contributed by atoms with E-state index in [-0.39, 0.29) is 0 Å². The van der Waals surface area contributed by atoms with Gasteiger partial charge >= 0.3 is 0 Å². The van der Waals surface area contributed by atoms with E-state index in [0.717, 1.165) is 11.4 Å². The molecule has 0 spiro atoms. The zero-order chi connectivity index (χ0) is 28.7. The number of nitrogens with zero attached hydrogens (tertiary/aromatic N) is 2. The minimum atomic E-state index is -1.20. The number of hydrogen-bond donors (Lipinski definition) is 0. The molecular formula is C40H28N2S. The molecule has 0 amide bonds. The van der Waals surface area contributed by atoms with Crippen molar-refractivity contribution < 1.29 is 0 Å². The van der Waals surface area contributed by atoms with Gasteiger partial charge in [-0.3, -0.25) is 9.97 Å². The lowest BCUT2D eigenvalue weighted by atomic mass is 9.85. The van der Waals surface area contributed by atoms with Crippen LogP contribution in [0.15, 0.2) is 144 Å². The molecule has 9 rings (SSSR count). The van der Waals surface area contributed by atoms with Crippen molar-refractivity contribution in [2.24, 2.45) is 0 Å². The van der Waals surface area contributed by atoms with Gasteiger partial charge in [0.1, 0.15) is 0 Å². The molecule has 2 aromatic heterocycles. The van der Waals surface area contributed by atoms with E-state index in [2.05, 4.69) is 134 Å². The molecule has 3 heteroatoms. The highest BCUT2D eigenvalue weighted by molar-refractivity contribution is 8.33. The van der Waals surface area contributed by atoms with Crippen molar-refractivity contribution in [2.75, 3.05) is 12.5 Å². The summed E-state index contributed by atoms with van der Waals surface area (Å²) in [5.41, 5.74) is 7.13. The molecule has 0 bridgehead atoms. The van der Waals surface area contributed by atoms with Crippen LogP contribution in [0.5, 0.6) is 0 Å². The second-order valence-electron chi connectivity index (χ2n) is 11.8. The minimum absolute atomic E-state index is 1.02. The minimum Gasteiger partial charge on any atom is -0.256 e. The van der Waals surface area contributed by atoms with E-state index in [0.29, 0.717) is 0 Å². The second kappa shape index (κ2) is 9.00. The molecule has 0 atom stereocenters. The Kier molecular flexibility index (Phi) is 5.15. The van der Waals surface area contributed by atoms with Crippen molar-refractivity contribution in [2.45, 2.75) is 9.79 Å². The Morgan fingerprint density at radius 3 is 1.51 bits per heavy atom. The highest BCUT2D eigenvalue weighted by Crippen LogP contribution is 2.68. The summed E-state index contributed by atoms with van der Waals surface area (Å²) in [7, 11) is -1.20. The van der Waals surface area contributed by atoms with Crippen LogP contribution in [-0.2, 0) is 0 Å². The van der Waals surface area contributed by atoms with Gasteiger partial charge in [-0.25, -0.2) is 0 Å². The Morgan fingerprint density at radius 1 is 0.419 bits per heavy atom. The highest BCUT2D eigenvalue weighted by Gasteiger charge is 2.33. The molecule has 43 heavy (non-hydrogen) atoms. The van der Waals surface area contributed by atoms with Crippen molar-refractivity contribution in [3.8, 4) is 33.6 Å². The molecule has 204 valence electrons. The lowest BCUT2D eigenvalue weighted by Gasteiger charge is -2.29. The Bertz CT molecular complexity index is 2430. The van der Waals surface area contributed by atoms with E-state index < -0.39 is 10.0 Å². The third-order valence-corrected chi connectivity index (χ3v) is 12.1. The summed E-state index contributed by atoms with van der Waals surface area (Å²) in [4.78, 5) is 13.1. The van der Waals surface area contributed by atoms with Gasteiger partial charge in [-0.05, 0) is 86.3 Å². The lowest BCUT2D eigenvalue weighted by molar-refractivity contribution is 1.36. The van der Waals surface area contributed by atoms with Crippen molar-refractivity contribution in [3.05, 3.63) is 134 Å². The summed E-state index contributed by atoms with van der Waals surface area (Å²) in [5, 5.41) is 9.58. The van der Waals surface area contributed by atoms with E-state index in [1.807, 2.05) is 12.4 Å². The molecule has 0 saturated heterocycles. The van der Waals surface area contributed by atoms with Crippen LogP contribution in [0, 0.1) is 0 Å². The Balaban J connectivity index is 1.53. The standard InChI is InChI=1S/C40H28N2S/c1-43(2)35-18-10-9-15-29(35)32-23-33-34(24-36(32)43)38(40-28-14-6-4-12-26(28)20-22-42-40)31-17-8-7-16-30(31)37(33)39-27-13-5-3-11-25(27)19-21-41-39/h3-24H,1-2H3. The number of rotatable bonds is 2. The van der Waals surface area contributed by atoms with Crippen LogP contribution >= 0.6 is 10.0 Å². The molecule has 8 aromatic rings. The number of pyridine rings is 2. The maximum Gasteiger partial charge on any atom is 0.0792 e. The molecular weight excluding hydrogens is 541 g/mol. The van der Waals surface area contributed by atoms with E-state index in [4.69, 9.17) is 9.97 Å². The van der Waals surface area contributed by atoms with Gasteiger partial charge in [-0.1, -0.05) is 91.0 Å². The Hall–Kier alpha value is -4.99. The van der Waals surface area contributed by atoms with Crippen LogP contribution in [-0.4, -0.2) is 22.5 Å². The smallest absolute Gasteiger partial charge is 0.0792 e. The summed E-state index contributed by atoms with van der Waals surface area (Å²) in [6.45, 7) is 0. The molecule has 0 fully saturated rings. The monoisotopic (exact) mass is 568 g/mol. The predicted octanol–water partition coefficient (Wildman–Crippen LogP) is 10.9. The third kappa shape index (κ3) is 3.43. The molecule has 1 aliphatic rings. The zero-order valence-corrected chi connectivity index (χ0v) is 24.8. The lowest BCUT2D eigenvalue weighted by Crippen LogP contribution is -1.97. The largest absolute Gasteiger partial charge is 0.256 e. The van der Waals surface area contributed by atoms with E-state index in [1.165, 1.54) is 75.1 Å². The number of hydrogen-bond acceptors (Lipinski definition) is 2. The molecule has 2 nitrogen and oxygen atoms in total. The number of benzene rings is 6. The van der Waals surface area contributed by atoms with Crippen molar-refractivity contribution >= 4 is 53.1 Å². The van der Waals surface area contributed by atoms with Crippen molar-refractivity contribution in [1.82, 2.24) is 9.97 Å². The van der Waals surface area contributed by atoms with Crippen LogP contribution in [0.2, 0.25) is 0 Å². The maximum absolute atomic E-state index is 5.09. The van der Waals surface area contributed by atoms with Crippen LogP contribution in [0.1, 0.15) is 0 Å². The predicted molar refractivity (Wildman–Crippen MR) is 184 cm³/mol. The summed E-state index contributed by atoms with van der Waals surface area (Å²) in [6, 6.07) is 44.2. The third-order valence-electron chi connectivity index (χ3n) is 9.22. The SMILES string of the molecule is CS1(C)c2ccccc2-c2cc3c(-c4nccc5ccccc45)c4ccccc4c(-c4nccc5ccccc45)c3cc21. The van der Waals surface area contributed by atoms with Crippen molar-refractivity contribution in [3.63, 3.8) is 0 Å². The van der Waals surface area contributed by atoms with E-state index in [9.17, 15) is 0 Å². The van der Waals surface area contributed by atoms with Gasteiger partial charge < -0.3 is 0 Å². The molecule has 0 N–H and O–H groups in total. The first-order chi connectivity index (χ1) is 21.1. The Morgan fingerprint density at radius 2 is 0.907 bits per heavy atom. The van der Waals surface area contributed by atoms with Gasteiger partial charge in [-0.2, -0.15) is 10.0 Å². The summed E-state index contributed by atoms with van der Waals surface area (Å²) >= 11 is 0. The fourth-order valence-electron chi connectivity index (χ4n) is 7.24. The van der Waals surface area contributed by atoms with Gasteiger partial charge in [0.2, 0.25) is 0 Å². The van der Waals surface area contributed by atoms with Gasteiger partial charge in [0.25, 0.3) is 0 Å². The molecule has 0 aliphatic carbocycles. The van der Waals surface area contributed by atoms with Crippen LogP contribution in [0.4, 0.5) is 0 Å². The van der Waals surface area contributed by atoms with Crippen LogP contribution in [0.25, 0.3) is 76.7 Å². The van der Waals surface area contributed by atoms with Crippen LogP contribution in [0.3, 0.4) is 0 Å². The normalized spacial score (nSPS) is 14.3. The van der Waals surface area contributed by atoms with Gasteiger partial charge in [0.05, 0.1) is 11.4 Å².